The van der Waals surface area contributed by atoms with Gasteiger partial charge in [0.1, 0.15) is 5.52 Å². The standard InChI is InChI=1S/C18H19N7O/c1-11(12-3-4-12)21-17-22-16(26-2)15-14(5-7-25(15)23-17)13-9-20-18-19-6-8-24(18)10-13/h5-12H,3-4H2,1-2H3,(H,21,23)/t11-/m0/s1. The second-order valence-corrected chi connectivity index (χ2v) is 6.71. The molecule has 0 spiro atoms. The van der Waals surface area contributed by atoms with Gasteiger partial charge in [0, 0.05) is 48.2 Å². The van der Waals surface area contributed by atoms with Crippen molar-refractivity contribution in [2.45, 2.75) is 25.8 Å². The predicted octanol–water partition coefficient (Wildman–Crippen LogP) is 2.66. The number of fused-ring (bicyclic) bond motifs is 2. The van der Waals surface area contributed by atoms with Crippen LogP contribution in [0.1, 0.15) is 19.8 Å². The molecule has 0 radical (unpaired) electrons. The molecular weight excluding hydrogens is 330 g/mol. The summed E-state index contributed by atoms with van der Waals surface area (Å²) in [7, 11) is 1.63. The monoisotopic (exact) mass is 349 g/mol. The zero-order chi connectivity index (χ0) is 17.7. The molecule has 1 fully saturated rings. The highest BCUT2D eigenvalue weighted by atomic mass is 16.5. The van der Waals surface area contributed by atoms with E-state index < -0.39 is 0 Å². The molecule has 1 N–H and O–H groups in total. The molecule has 1 saturated carbocycles. The van der Waals surface area contributed by atoms with Gasteiger partial charge in [0.2, 0.25) is 17.6 Å². The Balaban J connectivity index is 1.60. The van der Waals surface area contributed by atoms with Crippen molar-refractivity contribution in [3.8, 4) is 17.0 Å². The predicted molar refractivity (Wildman–Crippen MR) is 97.3 cm³/mol. The third-order valence-corrected chi connectivity index (χ3v) is 4.91. The van der Waals surface area contributed by atoms with Crippen LogP contribution in [0, 0.1) is 5.92 Å². The van der Waals surface area contributed by atoms with Crippen LogP contribution in [-0.4, -0.2) is 42.1 Å². The largest absolute Gasteiger partial charge is 0.479 e. The third kappa shape index (κ3) is 2.45. The molecule has 0 unspecified atom stereocenters. The first-order chi connectivity index (χ1) is 12.7. The normalized spacial score (nSPS) is 15.5. The lowest BCUT2D eigenvalue weighted by molar-refractivity contribution is 0.399. The second kappa shape index (κ2) is 5.69. The molecule has 5 rings (SSSR count). The first-order valence-electron chi connectivity index (χ1n) is 8.72. The molecule has 0 aliphatic heterocycles. The van der Waals surface area contributed by atoms with Gasteiger partial charge in [-0.2, -0.15) is 4.98 Å². The molecule has 26 heavy (non-hydrogen) atoms. The molecule has 4 aromatic heterocycles. The zero-order valence-electron chi connectivity index (χ0n) is 14.6. The lowest BCUT2D eigenvalue weighted by Gasteiger charge is -2.14. The maximum absolute atomic E-state index is 5.57. The molecule has 0 saturated heterocycles. The number of imidazole rings is 1. The molecule has 8 heteroatoms. The first kappa shape index (κ1) is 15.1. The molecule has 1 aliphatic carbocycles. The van der Waals surface area contributed by atoms with Gasteiger partial charge < -0.3 is 10.1 Å². The Labute approximate surface area is 149 Å². The lowest BCUT2D eigenvalue weighted by atomic mass is 10.1. The van der Waals surface area contributed by atoms with Crippen LogP contribution in [0.15, 0.2) is 37.1 Å². The Bertz CT molecular complexity index is 1100. The molecule has 4 aromatic rings. The number of aromatic nitrogens is 6. The van der Waals surface area contributed by atoms with Crippen molar-refractivity contribution in [2.75, 3.05) is 12.4 Å². The van der Waals surface area contributed by atoms with Crippen molar-refractivity contribution in [3.05, 3.63) is 37.1 Å². The number of hydrogen-bond acceptors (Lipinski definition) is 6. The molecule has 0 amide bonds. The van der Waals surface area contributed by atoms with Gasteiger partial charge in [-0.25, -0.2) is 14.5 Å². The molecule has 1 aliphatic rings. The van der Waals surface area contributed by atoms with Crippen molar-refractivity contribution in [2.24, 2.45) is 5.92 Å². The van der Waals surface area contributed by atoms with E-state index in [1.165, 1.54) is 12.8 Å². The van der Waals surface area contributed by atoms with Crippen LogP contribution in [0.5, 0.6) is 5.88 Å². The van der Waals surface area contributed by atoms with E-state index in [1.807, 2.05) is 29.1 Å². The number of nitrogens with zero attached hydrogens (tertiary/aromatic N) is 6. The van der Waals surface area contributed by atoms with E-state index in [1.54, 1.807) is 24.0 Å². The average Bonchev–Trinajstić information content (AvgIpc) is 3.26. The SMILES string of the molecule is COc1nc(N[C@@H](C)C2CC2)nn2ccc(-c3cnc4nccn4c3)c12. The molecule has 1 atom stereocenters. The van der Waals surface area contributed by atoms with Crippen LogP contribution in [0.4, 0.5) is 5.95 Å². The zero-order valence-corrected chi connectivity index (χ0v) is 14.6. The summed E-state index contributed by atoms with van der Waals surface area (Å²) >= 11 is 0. The lowest BCUT2D eigenvalue weighted by Crippen LogP contribution is -2.20. The third-order valence-electron chi connectivity index (χ3n) is 4.91. The number of methoxy groups -OCH3 is 1. The number of rotatable bonds is 5. The van der Waals surface area contributed by atoms with Gasteiger partial charge in [-0.3, -0.25) is 4.40 Å². The summed E-state index contributed by atoms with van der Waals surface area (Å²) in [6, 6.07) is 2.36. The van der Waals surface area contributed by atoms with Crippen molar-refractivity contribution in [1.29, 1.82) is 0 Å². The topological polar surface area (TPSA) is 81.6 Å². The highest BCUT2D eigenvalue weighted by Gasteiger charge is 2.28. The van der Waals surface area contributed by atoms with Gasteiger partial charge in [0.15, 0.2) is 0 Å². The van der Waals surface area contributed by atoms with E-state index in [-0.39, 0.29) is 0 Å². The first-order valence-corrected chi connectivity index (χ1v) is 8.72. The molecule has 132 valence electrons. The Kier molecular flexibility index (Phi) is 3.31. The minimum Gasteiger partial charge on any atom is -0.479 e. The van der Waals surface area contributed by atoms with Gasteiger partial charge in [-0.05, 0) is 31.7 Å². The summed E-state index contributed by atoms with van der Waals surface area (Å²) in [5.41, 5.74) is 2.73. The Hall–Kier alpha value is -3.16. The van der Waals surface area contributed by atoms with Crippen molar-refractivity contribution in [1.82, 2.24) is 29.0 Å². The minimum absolute atomic E-state index is 0.361. The van der Waals surface area contributed by atoms with E-state index in [4.69, 9.17) is 4.74 Å². The summed E-state index contributed by atoms with van der Waals surface area (Å²) in [6.45, 7) is 2.17. The summed E-state index contributed by atoms with van der Waals surface area (Å²) in [4.78, 5) is 13.2. The number of hydrogen-bond donors (Lipinski definition) is 1. The van der Waals surface area contributed by atoms with E-state index in [0.717, 1.165) is 16.6 Å². The highest BCUT2D eigenvalue weighted by molar-refractivity contribution is 5.84. The Morgan fingerprint density at radius 2 is 2.15 bits per heavy atom. The molecule has 0 bridgehead atoms. The fourth-order valence-electron chi connectivity index (χ4n) is 3.30. The van der Waals surface area contributed by atoms with E-state index in [0.29, 0.717) is 29.6 Å². The van der Waals surface area contributed by atoms with Gasteiger partial charge in [-0.1, -0.05) is 0 Å². The van der Waals surface area contributed by atoms with E-state index in [2.05, 4.69) is 32.3 Å². The Morgan fingerprint density at radius 3 is 2.96 bits per heavy atom. The maximum atomic E-state index is 5.57. The van der Waals surface area contributed by atoms with Gasteiger partial charge >= 0.3 is 0 Å². The van der Waals surface area contributed by atoms with Crippen LogP contribution in [0.2, 0.25) is 0 Å². The van der Waals surface area contributed by atoms with Crippen molar-refractivity contribution < 1.29 is 4.74 Å². The molecule has 0 aromatic carbocycles. The fraction of sp³-hybridized carbons (Fsp3) is 0.333. The maximum Gasteiger partial charge on any atom is 0.244 e. The minimum atomic E-state index is 0.361. The second-order valence-electron chi connectivity index (χ2n) is 6.71. The van der Waals surface area contributed by atoms with E-state index in [9.17, 15) is 0 Å². The summed E-state index contributed by atoms with van der Waals surface area (Å²) in [5.74, 6) is 2.50. The highest BCUT2D eigenvalue weighted by Crippen LogP contribution is 2.34. The summed E-state index contributed by atoms with van der Waals surface area (Å²) < 4.78 is 9.26. The molecular formula is C18H19N7O. The van der Waals surface area contributed by atoms with Crippen LogP contribution in [0.3, 0.4) is 0 Å². The van der Waals surface area contributed by atoms with E-state index >= 15 is 0 Å². The van der Waals surface area contributed by atoms with Crippen molar-refractivity contribution in [3.63, 3.8) is 0 Å². The fourth-order valence-corrected chi connectivity index (χ4v) is 3.30. The number of nitrogens with one attached hydrogen (secondary N) is 1. The van der Waals surface area contributed by atoms with Gasteiger partial charge in [0.25, 0.3) is 0 Å². The van der Waals surface area contributed by atoms with Crippen LogP contribution in [-0.2, 0) is 0 Å². The van der Waals surface area contributed by atoms with Crippen molar-refractivity contribution >= 4 is 17.2 Å². The molecule has 4 heterocycles. The van der Waals surface area contributed by atoms with Gasteiger partial charge in [0.05, 0.1) is 7.11 Å². The molecule has 8 nitrogen and oxygen atoms in total. The Morgan fingerprint density at radius 1 is 1.27 bits per heavy atom. The van der Waals surface area contributed by atoms with Crippen LogP contribution < -0.4 is 10.1 Å². The van der Waals surface area contributed by atoms with Gasteiger partial charge in [-0.15, -0.1) is 5.10 Å². The smallest absolute Gasteiger partial charge is 0.244 e. The number of ether oxygens (including phenoxy) is 1. The summed E-state index contributed by atoms with van der Waals surface area (Å²) in [6.07, 6.45) is 11.9. The quantitative estimate of drug-likeness (QED) is 0.596. The summed E-state index contributed by atoms with van der Waals surface area (Å²) in [5, 5.41) is 8.00. The van der Waals surface area contributed by atoms with Crippen LogP contribution in [0.25, 0.3) is 22.4 Å². The van der Waals surface area contributed by atoms with Crippen LogP contribution >= 0.6 is 0 Å². The average molecular weight is 349 g/mol. The number of anilines is 1.